The molecular formula is C49H84O12S. The molecular weight excluding hydrogens is 813 g/mol. The minimum Gasteiger partial charge on any atom is -0.457 e. The van der Waals surface area contributed by atoms with Crippen molar-refractivity contribution in [2.75, 3.05) is 26.4 Å². The third-order valence-electron chi connectivity index (χ3n) is 10.3. The fourth-order valence-electron chi connectivity index (χ4n) is 6.75. The fourth-order valence-corrected chi connectivity index (χ4v) is 7.26. The number of aliphatic hydroxyl groups is 3. The van der Waals surface area contributed by atoms with Gasteiger partial charge < -0.3 is 34.3 Å². The van der Waals surface area contributed by atoms with Crippen LogP contribution >= 0.6 is 0 Å². The summed E-state index contributed by atoms with van der Waals surface area (Å²) in [4.78, 5) is 12.9. The van der Waals surface area contributed by atoms with Gasteiger partial charge in [0, 0.05) is 13.0 Å². The van der Waals surface area contributed by atoms with Crippen LogP contribution in [0.4, 0.5) is 0 Å². The number of esters is 1. The Hall–Kier alpha value is -2.46. The predicted octanol–water partition coefficient (Wildman–Crippen LogP) is 10.3. The van der Waals surface area contributed by atoms with Crippen molar-refractivity contribution in [3.63, 3.8) is 0 Å². The first-order valence-corrected chi connectivity index (χ1v) is 25.1. The van der Waals surface area contributed by atoms with E-state index >= 15 is 0 Å². The lowest BCUT2D eigenvalue weighted by Crippen LogP contribution is -2.60. The number of unbranched alkanes of at least 4 members (excludes halogenated alkanes) is 15. The SMILES string of the molecule is CC/C=C\C/C=C\C/C=C\C/C=C\C/C=C\CCCCOCC(COC1OC(CO)C(O)C(OS(=O)(=O)O)C1O)OC(=O)CCCCCCCCC/C=C\CCCCCCCC. The quantitative estimate of drug-likeness (QED) is 0.0198. The van der Waals surface area contributed by atoms with Crippen LogP contribution in [0.1, 0.15) is 168 Å². The second kappa shape index (κ2) is 40.1. The van der Waals surface area contributed by atoms with Crippen LogP contribution < -0.4 is 0 Å². The van der Waals surface area contributed by atoms with E-state index < -0.39 is 59.8 Å². The number of ether oxygens (including phenoxy) is 4. The molecule has 4 N–H and O–H groups in total. The van der Waals surface area contributed by atoms with E-state index in [9.17, 15) is 28.5 Å². The van der Waals surface area contributed by atoms with Gasteiger partial charge in [-0.3, -0.25) is 9.35 Å². The topological polar surface area (TPSA) is 178 Å². The molecule has 0 spiro atoms. The minimum atomic E-state index is -5.07. The van der Waals surface area contributed by atoms with Crippen molar-refractivity contribution in [3.8, 4) is 0 Å². The number of carbonyl (C=O) groups is 1. The lowest BCUT2D eigenvalue weighted by atomic mass is 9.99. The van der Waals surface area contributed by atoms with Crippen LogP contribution in [0.15, 0.2) is 72.9 Å². The summed E-state index contributed by atoms with van der Waals surface area (Å²) < 4.78 is 59.1. The molecule has 0 aromatic carbocycles. The van der Waals surface area contributed by atoms with Gasteiger partial charge in [0.25, 0.3) is 0 Å². The number of allylic oxidation sites excluding steroid dienone is 12. The zero-order valence-electron chi connectivity index (χ0n) is 38.2. The number of carbonyl (C=O) groups excluding carboxylic acids is 1. The molecule has 0 aromatic heterocycles. The summed E-state index contributed by atoms with van der Waals surface area (Å²) in [6.07, 6.45) is 42.2. The molecule has 1 saturated heterocycles. The van der Waals surface area contributed by atoms with E-state index in [0.717, 1.165) is 77.0 Å². The first kappa shape index (κ1) is 57.6. The first-order chi connectivity index (χ1) is 30.1. The summed E-state index contributed by atoms with van der Waals surface area (Å²) >= 11 is 0. The molecule has 0 bridgehead atoms. The molecule has 358 valence electrons. The van der Waals surface area contributed by atoms with E-state index in [0.29, 0.717) is 13.0 Å². The molecule has 6 unspecified atom stereocenters. The van der Waals surface area contributed by atoms with E-state index in [4.69, 9.17) is 23.5 Å². The lowest BCUT2D eigenvalue weighted by molar-refractivity contribution is -0.301. The summed E-state index contributed by atoms with van der Waals surface area (Å²) in [5, 5.41) is 30.7. The zero-order chi connectivity index (χ0) is 45.4. The minimum absolute atomic E-state index is 0.00145. The Bertz CT molecular complexity index is 1360. The van der Waals surface area contributed by atoms with Crippen molar-refractivity contribution in [3.05, 3.63) is 72.9 Å². The van der Waals surface area contributed by atoms with Crippen LogP contribution in [0.25, 0.3) is 0 Å². The van der Waals surface area contributed by atoms with Crippen LogP contribution in [0.2, 0.25) is 0 Å². The Morgan fingerprint density at radius 2 is 1.11 bits per heavy atom. The van der Waals surface area contributed by atoms with Crippen molar-refractivity contribution in [1.82, 2.24) is 0 Å². The summed E-state index contributed by atoms with van der Waals surface area (Å²) in [5.74, 6) is -0.422. The second-order valence-electron chi connectivity index (χ2n) is 16.0. The molecule has 0 radical (unpaired) electrons. The molecule has 62 heavy (non-hydrogen) atoms. The Morgan fingerprint density at radius 3 is 1.65 bits per heavy atom. The third kappa shape index (κ3) is 33.1. The standard InChI is InChI=1S/C49H84O12S/c1-3-5-7-9-11-13-15-17-19-21-23-25-27-29-31-33-35-37-39-57-41-43(42-58-49-47(53)48(61-62(54,55)56)46(52)44(40-50)60-49)59-45(51)38-36-34-32-30-28-26-24-22-20-18-16-14-12-10-8-6-4-2/h5,7,11,13,17-20,23,25,29,31,43-44,46-50,52-53H,3-4,6,8-10,12,14-16,21-22,24,26-28,30,32-42H2,1-2H3,(H,54,55,56)/b7-5-,13-11-,19-17-,20-18-,25-23-,31-29-. The highest BCUT2D eigenvalue weighted by Crippen LogP contribution is 2.26. The molecule has 0 amide bonds. The van der Waals surface area contributed by atoms with Crippen LogP contribution in [-0.4, -0.2) is 97.5 Å². The number of hydrogen-bond donors (Lipinski definition) is 4. The smallest absolute Gasteiger partial charge is 0.397 e. The number of rotatable bonds is 40. The highest BCUT2D eigenvalue weighted by atomic mass is 32.3. The van der Waals surface area contributed by atoms with Crippen LogP contribution in [0, 0.1) is 0 Å². The summed E-state index contributed by atoms with van der Waals surface area (Å²) in [5.41, 5.74) is 0. The van der Waals surface area contributed by atoms with Crippen LogP contribution in [0.5, 0.6) is 0 Å². The summed E-state index contributed by atoms with van der Waals surface area (Å²) in [7, 11) is -5.07. The Morgan fingerprint density at radius 1 is 0.629 bits per heavy atom. The molecule has 0 saturated carbocycles. The van der Waals surface area contributed by atoms with Crippen molar-refractivity contribution >= 4 is 16.4 Å². The highest BCUT2D eigenvalue weighted by Gasteiger charge is 2.48. The molecule has 1 fully saturated rings. The predicted molar refractivity (Wildman–Crippen MR) is 248 cm³/mol. The molecule has 12 nitrogen and oxygen atoms in total. The second-order valence-corrected chi connectivity index (χ2v) is 17.0. The lowest BCUT2D eigenvalue weighted by Gasteiger charge is -2.41. The number of hydrogen-bond acceptors (Lipinski definition) is 11. The summed E-state index contributed by atoms with van der Waals surface area (Å²) in [6.45, 7) is 3.75. The average Bonchev–Trinajstić information content (AvgIpc) is 3.24. The van der Waals surface area contributed by atoms with E-state index in [1.165, 1.54) is 64.2 Å². The first-order valence-electron chi connectivity index (χ1n) is 23.7. The van der Waals surface area contributed by atoms with Crippen LogP contribution in [0.3, 0.4) is 0 Å². The van der Waals surface area contributed by atoms with Crippen LogP contribution in [-0.2, 0) is 38.3 Å². The van der Waals surface area contributed by atoms with Crippen molar-refractivity contribution in [1.29, 1.82) is 0 Å². The summed E-state index contributed by atoms with van der Waals surface area (Å²) in [6, 6.07) is 0. The van der Waals surface area contributed by atoms with Gasteiger partial charge in [-0.25, -0.2) is 4.18 Å². The van der Waals surface area contributed by atoms with Gasteiger partial charge in [-0.05, 0) is 83.5 Å². The molecule has 0 aliphatic carbocycles. The van der Waals surface area contributed by atoms with Gasteiger partial charge >= 0.3 is 16.4 Å². The van der Waals surface area contributed by atoms with Gasteiger partial charge in [0.1, 0.15) is 30.5 Å². The van der Waals surface area contributed by atoms with E-state index in [1.807, 2.05) is 0 Å². The monoisotopic (exact) mass is 897 g/mol. The maximum atomic E-state index is 12.9. The van der Waals surface area contributed by atoms with E-state index in [2.05, 4.69) is 90.9 Å². The molecule has 13 heteroatoms. The van der Waals surface area contributed by atoms with Gasteiger partial charge in [-0.1, -0.05) is 151 Å². The van der Waals surface area contributed by atoms with Crippen molar-refractivity contribution < 1.29 is 56.2 Å². The normalized spacial score (nSPS) is 20.6. The van der Waals surface area contributed by atoms with Gasteiger partial charge in [0.2, 0.25) is 0 Å². The Labute approximate surface area is 375 Å². The molecule has 1 rings (SSSR count). The van der Waals surface area contributed by atoms with Crippen molar-refractivity contribution in [2.45, 2.75) is 205 Å². The number of aliphatic hydroxyl groups excluding tert-OH is 3. The molecule has 1 aliphatic heterocycles. The van der Waals surface area contributed by atoms with Crippen molar-refractivity contribution in [2.24, 2.45) is 0 Å². The largest absolute Gasteiger partial charge is 0.457 e. The molecule has 6 atom stereocenters. The Kier molecular flexibility index (Phi) is 37.2. The van der Waals surface area contributed by atoms with Gasteiger partial charge in [-0.2, -0.15) is 8.42 Å². The fraction of sp³-hybridized carbons (Fsp3) is 0.735. The average molecular weight is 897 g/mol. The highest BCUT2D eigenvalue weighted by molar-refractivity contribution is 7.80. The maximum absolute atomic E-state index is 12.9. The maximum Gasteiger partial charge on any atom is 0.397 e. The Balaban J connectivity index is 2.46. The molecule has 1 aliphatic rings. The molecule has 1 heterocycles. The van der Waals surface area contributed by atoms with Gasteiger partial charge in [0.15, 0.2) is 6.29 Å². The zero-order valence-corrected chi connectivity index (χ0v) is 39.0. The van der Waals surface area contributed by atoms with Gasteiger partial charge in [-0.15, -0.1) is 0 Å². The molecule has 0 aromatic rings. The van der Waals surface area contributed by atoms with E-state index in [1.54, 1.807) is 0 Å². The third-order valence-corrected chi connectivity index (χ3v) is 10.8. The van der Waals surface area contributed by atoms with E-state index in [-0.39, 0.29) is 19.6 Å². The van der Waals surface area contributed by atoms with Gasteiger partial charge in [0.05, 0.1) is 19.8 Å².